The third-order valence-electron chi connectivity index (χ3n) is 2.59. The fourth-order valence-corrected chi connectivity index (χ4v) is 1.68. The average Bonchev–Trinajstić information content (AvgIpc) is 2.83. The number of hydrogen-bond donors (Lipinski definition) is 1. The molecule has 18 heavy (non-hydrogen) atoms. The van der Waals surface area contributed by atoms with Crippen molar-refractivity contribution in [3.05, 3.63) is 47.5 Å². The Morgan fingerprint density at radius 3 is 2.78 bits per heavy atom. The van der Waals surface area contributed by atoms with E-state index in [-0.39, 0.29) is 5.82 Å². The largest absolute Gasteiger partial charge is 0.486 e. The van der Waals surface area contributed by atoms with Gasteiger partial charge in [-0.2, -0.15) is 5.10 Å². The van der Waals surface area contributed by atoms with E-state index in [1.54, 1.807) is 10.9 Å². The molecule has 0 atom stereocenters. The molecule has 0 bridgehead atoms. The Bertz CT molecular complexity index is 525. The summed E-state index contributed by atoms with van der Waals surface area (Å²) in [7, 11) is 0. The first-order chi connectivity index (χ1) is 8.71. The SMILES string of the molecule is CCn1cc(OCc2cc(F)cc(CN)c2)cn1. The molecule has 0 fully saturated rings. The molecule has 2 N–H and O–H groups in total. The summed E-state index contributed by atoms with van der Waals surface area (Å²) < 4.78 is 20.6. The van der Waals surface area contributed by atoms with Crippen molar-refractivity contribution in [1.82, 2.24) is 9.78 Å². The summed E-state index contributed by atoms with van der Waals surface area (Å²) >= 11 is 0. The molecule has 0 radical (unpaired) electrons. The van der Waals surface area contributed by atoms with E-state index in [4.69, 9.17) is 10.5 Å². The van der Waals surface area contributed by atoms with Gasteiger partial charge in [-0.05, 0) is 30.2 Å². The molecule has 2 aromatic rings. The fraction of sp³-hybridized carbons (Fsp3) is 0.308. The highest BCUT2D eigenvalue weighted by Crippen LogP contribution is 2.14. The molecule has 4 nitrogen and oxygen atoms in total. The number of aryl methyl sites for hydroxylation is 1. The molecule has 1 heterocycles. The topological polar surface area (TPSA) is 53.1 Å². The number of ether oxygens (including phenoxy) is 1. The predicted molar refractivity (Wildman–Crippen MR) is 66.5 cm³/mol. The molecular weight excluding hydrogens is 233 g/mol. The lowest BCUT2D eigenvalue weighted by atomic mass is 10.1. The average molecular weight is 249 g/mol. The number of halogens is 1. The highest BCUT2D eigenvalue weighted by molar-refractivity contribution is 5.25. The van der Waals surface area contributed by atoms with Crippen LogP contribution in [0.3, 0.4) is 0 Å². The lowest BCUT2D eigenvalue weighted by molar-refractivity contribution is 0.305. The zero-order chi connectivity index (χ0) is 13.0. The molecule has 0 amide bonds. The summed E-state index contributed by atoms with van der Waals surface area (Å²) in [5.74, 6) is 0.385. The van der Waals surface area contributed by atoms with Crippen LogP contribution >= 0.6 is 0 Å². The van der Waals surface area contributed by atoms with Gasteiger partial charge < -0.3 is 10.5 Å². The highest BCUT2D eigenvalue weighted by Gasteiger charge is 2.02. The lowest BCUT2D eigenvalue weighted by Crippen LogP contribution is -2.01. The fourth-order valence-electron chi connectivity index (χ4n) is 1.68. The van der Waals surface area contributed by atoms with Gasteiger partial charge in [-0.3, -0.25) is 4.68 Å². The molecule has 0 saturated heterocycles. The number of aromatic nitrogens is 2. The Labute approximate surface area is 105 Å². The molecule has 1 aromatic carbocycles. The molecule has 0 aliphatic heterocycles. The summed E-state index contributed by atoms with van der Waals surface area (Å²) in [6, 6.07) is 4.72. The van der Waals surface area contributed by atoms with Gasteiger partial charge in [0.05, 0.1) is 12.4 Å². The summed E-state index contributed by atoms with van der Waals surface area (Å²) in [4.78, 5) is 0. The summed E-state index contributed by atoms with van der Waals surface area (Å²) in [5, 5.41) is 4.10. The van der Waals surface area contributed by atoms with Crippen LogP contribution in [0.25, 0.3) is 0 Å². The summed E-state index contributed by atoms with van der Waals surface area (Å²) in [6.45, 7) is 3.41. The molecular formula is C13H16FN3O. The molecule has 0 aliphatic rings. The van der Waals surface area contributed by atoms with E-state index < -0.39 is 0 Å². The minimum atomic E-state index is -0.291. The summed E-state index contributed by atoms with van der Waals surface area (Å²) in [6.07, 6.45) is 3.45. The first-order valence-corrected chi connectivity index (χ1v) is 5.85. The van der Waals surface area contributed by atoms with Crippen molar-refractivity contribution < 1.29 is 9.13 Å². The smallest absolute Gasteiger partial charge is 0.157 e. The van der Waals surface area contributed by atoms with Gasteiger partial charge in [-0.1, -0.05) is 6.07 Å². The Kier molecular flexibility index (Phi) is 3.94. The molecule has 5 heteroatoms. The Morgan fingerprint density at radius 2 is 2.11 bits per heavy atom. The van der Waals surface area contributed by atoms with Gasteiger partial charge in [0.1, 0.15) is 12.4 Å². The van der Waals surface area contributed by atoms with E-state index in [1.165, 1.54) is 12.1 Å². The van der Waals surface area contributed by atoms with Gasteiger partial charge in [0.15, 0.2) is 5.75 Å². The zero-order valence-corrected chi connectivity index (χ0v) is 10.3. The van der Waals surface area contributed by atoms with E-state index in [0.717, 1.165) is 17.7 Å². The van der Waals surface area contributed by atoms with Gasteiger partial charge in [0, 0.05) is 13.1 Å². The minimum Gasteiger partial charge on any atom is -0.486 e. The van der Waals surface area contributed by atoms with Crippen molar-refractivity contribution in [3.63, 3.8) is 0 Å². The van der Waals surface area contributed by atoms with Crippen LogP contribution in [-0.2, 0) is 19.7 Å². The van der Waals surface area contributed by atoms with Gasteiger partial charge >= 0.3 is 0 Å². The van der Waals surface area contributed by atoms with Gasteiger partial charge in [0.2, 0.25) is 0 Å². The quantitative estimate of drug-likeness (QED) is 0.882. The maximum Gasteiger partial charge on any atom is 0.157 e. The van der Waals surface area contributed by atoms with Crippen LogP contribution in [-0.4, -0.2) is 9.78 Å². The molecule has 0 aliphatic carbocycles. The second kappa shape index (κ2) is 5.64. The van der Waals surface area contributed by atoms with Crippen molar-refractivity contribution in [3.8, 4) is 5.75 Å². The van der Waals surface area contributed by atoms with E-state index in [1.807, 2.05) is 19.2 Å². The minimum absolute atomic E-state index is 0.291. The monoisotopic (exact) mass is 249 g/mol. The van der Waals surface area contributed by atoms with Crippen LogP contribution in [0.2, 0.25) is 0 Å². The highest BCUT2D eigenvalue weighted by atomic mass is 19.1. The van der Waals surface area contributed by atoms with Crippen LogP contribution in [0.4, 0.5) is 4.39 Å². The predicted octanol–water partition coefficient (Wildman–Crippen LogP) is 2.08. The Balaban J connectivity index is 2.03. The molecule has 2 rings (SSSR count). The number of hydrogen-bond acceptors (Lipinski definition) is 3. The van der Waals surface area contributed by atoms with E-state index in [0.29, 0.717) is 18.9 Å². The number of nitrogens with two attached hydrogens (primary N) is 1. The van der Waals surface area contributed by atoms with Crippen molar-refractivity contribution >= 4 is 0 Å². The second-order valence-corrected chi connectivity index (χ2v) is 3.99. The third-order valence-corrected chi connectivity index (χ3v) is 2.59. The molecule has 0 spiro atoms. The Morgan fingerprint density at radius 1 is 1.33 bits per heavy atom. The van der Waals surface area contributed by atoms with E-state index in [2.05, 4.69) is 5.10 Å². The van der Waals surface area contributed by atoms with Crippen LogP contribution in [0.1, 0.15) is 18.1 Å². The van der Waals surface area contributed by atoms with E-state index in [9.17, 15) is 4.39 Å². The van der Waals surface area contributed by atoms with Gasteiger partial charge in [-0.25, -0.2) is 4.39 Å². The van der Waals surface area contributed by atoms with E-state index >= 15 is 0 Å². The van der Waals surface area contributed by atoms with Crippen molar-refractivity contribution in [1.29, 1.82) is 0 Å². The number of nitrogens with zero attached hydrogens (tertiary/aromatic N) is 2. The standard InChI is InChI=1S/C13H16FN3O/c1-2-17-8-13(7-16-17)18-9-11-3-10(6-15)4-12(14)5-11/h3-5,7-8H,2,6,9,15H2,1H3. The molecule has 96 valence electrons. The molecule has 0 saturated carbocycles. The van der Waals surface area contributed by atoms with Crippen LogP contribution in [0.15, 0.2) is 30.6 Å². The van der Waals surface area contributed by atoms with Gasteiger partial charge in [-0.15, -0.1) is 0 Å². The number of benzene rings is 1. The van der Waals surface area contributed by atoms with Crippen molar-refractivity contribution in [2.75, 3.05) is 0 Å². The first-order valence-electron chi connectivity index (χ1n) is 5.85. The lowest BCUT2D eigenvalue weighted by Gasteiger charge is -2.06. The Hall–Kier alpha value is -1.88. The first kappa shape index (κ1) is 12.6. The zero-order valence-electron chi connectivity index (χ0n) is 10.3. The maximum absolute atomic E-state index is 13.3. The molecule has 1 aromatic heterocycles. The second-order valence-electron chi connectivity index (χ2n) is 3.99. The normalized spacial score (nSPS) is 10.6. The summed E-state index contributed by atoms with van der Waals surface area (Å²) in [5.41, 5.74) is 7.02. The molecule has 0 unspecified atom stereocenters. The van der Waals surface area contributed by atoms with Crippen molar-refractivity contribution in [2.24, 2.45) is 5.73 Å². The van der Waals surface area contributed by atoms with Crippen molar-refractivity contribution in [2.45, 2.75) is 26.6 Å². The van der Waals surface area contributed by atoms with Crippen LogP contribution in [0.5, 0.6) is 5.75 Å². The van der Waals surface area contributed by atoms with Crippen LogP contribution in [0, 0.1) is 5.82 Å². The van der Waals surface area contributed by atoms with Crippen LogP contribution < -0.4 is 10.5 Å². The maximum atomic E-state index is 13.3. The van der Waals surface area contributed by atoms with Gasteiger partial charge in [0.25, 0.3) is 0 Å². The number of rotatable bonds is 5. The third kappa shape index (κ3) is 3.07.